The summed E-state index contributed by atoms with van der Waals surface area (Å²) in [6.45, 7) is 1.02. The van der Waals surface area contributed by atoms with E-state index >= 15 is 0 Å². The number of alkyl halides is 3. The van der Waals surface area contributed by atoms with Crippen molar-refractivity contribution < 1.29 is 23.0 Å². The minimum absolute atomic E-state index is 0.363. The maximum Gasteiger partial charge on any atom is 0.434 e. The summed E-state index contributed by atoms with van der Waals surface area (Å²) < 4.78 is 44.4. The Bertz CT molecular complexity index is 819. The standard InChI is InChI=1S/C17H16ClF3N2O2S/c18-11-3-1-2-10-12(24)8-16(25-14(10)11)4-6-23(7-5-16)15-22-13(9-26-15)17(19,20)21/h1-3,9,12,24H,4-8H2. The van der Waals surface area contributed by atoms with E-state index in [2.05, 4.69) is 4.98 Å². The van der Waals surface area contributed by atoms with Gasteiger partial charge in [0, 0.05) is 43.3 Å². The van der Waals surface area contributed by atoms with Gasteiger partial charge in [0.1, 0.15) is 11.4 Å². The first-order valence-electron chi connectivity index (χ1n) is 8.21. The van der Waals surface area contributed by atoms with E-state index in [0.29, 0.717) is 53.8 Å². The fourth-order valence-electron chi connectivity index (χ4n) is 3.57. The zero-order valence-corrected chi connectivity index (χ0v) is 15.2. The highest BCUT2D eigenvalue weighted by Gasteiger charge is 2.44. The highest BCUT2D eigenvalue weighted by Crippen LogP contribution is 2.47. The average Bonchev–Trinajstić information content (AvgIpc) is 3.07. The zero-order chi connectivity index (χ0) is 18.5. The minimum atomic E-state index is -4.43. The van der Waals surface area contributed by atoms with E-state index in [1.807, 2.05) is 4.90 Å². The number of ether oxygens (including phenoxy) is 1. The van der Waals surface area contributed by atoms with Gasteiger partial charge in [-0.15, -0.1) is 11.3 Å². The summed E-state index contributed by atoms with van der Waals surface area (Å²) in [4.78, 5) is 5.55. The first kappa shape index (κ1) is 17.9. The van der Waals surface area contributed by atoms with Gasteiger partial charge in [-0.05, 0) is 6.07 Å². The molecule has 0 amide bonds. The molecule has 1 aromatic heterocycles. The van der Waals surface area contributed by atoms with Gasteiger partial charge in [0.2, 0.25) is 0 Å². The lowest BCUT2D eigenvalue weighted by Gasteiger charge is -2.46. The maximum atomic E-state index is 12.7. The van der Waals surface area contributed by atoms with Crippen molar-refractivity contribution in [2.24, 2.45) is 0 Å². The Labute approximate surface area is 157 Å². The summed E-state index contributed by atoms with van der Waals surface area (Å²) >= 11 is 7.21. The largest absolute Gasteiger partial charge is 0.485 e. The molecule has 1 unspecified atom stereocenters. The van der Waals surface area contributed by atoms with Gasteiger partial charge in [-0.2, -0.15) is 13.2 Å². The molecule has 1 N–H and O–H groups in total. The molecule has 1 fully saturated rings. The monoisotopic (exact) mass is 404 g/mol. The van der Waals surface area contributed by atoms with E-state index in [0.717, 1.165) is 16.7 Å². The summed E-state index contributed by atoms with van der Waals surface area (Å²) in [5, 5.41) is 12.3. The zero-order valence-electron chi connectivity index (χ0n) is 13.6. The van der Waals surface area contributed by atoms with Crippen LogP contribution in [0.3, 0.4) is 0 Å². The van der Waals surface area contributed by atoms with Crippen molar-refractivity contribution in [1.29, 1.82) is 0 Å². The van der Waals surface area contributed by atoms with Crippen LogP contribution in [0.1, 0.15) is 36.6 Å². The van der Waals surface area contributed by atoms with Gasteiger partial charge in [0.15, 0.2) is 10.8 Å². The Hall–Kier alpha value is -1.51. The van der Waals surface area contributed by atoms with Crippen LogP contribution in [-0.2, 0) is 6.18 Å². The van der Waals surface area contributed by atoms with Crippen LogP contribution in [0.15, 0.2) is 23.6 Å². The fraction of sp³-hybridized carbons (Fsp3) is 0.471. The highest BCUT2D eigenvalue weighted by atomic mass is 35.5. The van der Waals surface area contributed by atoms with Crippen LogP contribution in [0.25, 0.3) is 0 Å². The smallest absolute Gasteiger partial charge is 0.434 e. The molecule has 9 heteroatoms. The number of fused-ring (bicyclic) bond motifs is 1. The summed E-state index contributed by atoms with van der Waals surface area (Å²) in [5.74, 6) is 0.509. The van der Waals surface area contributed by atoms with Crippen molar-refractivity contribution in [3.05, 3.63) is 39.9 Å². The average molecular weight is 405 g/mol. The van der Waals surface area contributed by atoms with Gasteiger partial charge in [-0.1, -0.05) is 23.7 Å². The molecule has 4 nitrogen and oxygen atoms in total. The number of nitrogens with zero attached hydrogens (tertiary/aromatic N) is 2. The molecular formula is C17H16ClF3N2O2S. The molecule has 2 aromatic rings. The van der Waals surface area contributed by atoms with E-state index in [1.165, 1.54) is 0 Å². The van der Waals surface area contributed by atoms with Crippen molar-refractivity contribution in [2.45, 2.75) is 37.1 Å². The summed E-state index contributed by atoms with van der Waals surface area (Å²) in [7, 11) is 0. The summed E-state index contributed by atoms with van der Waals surface area (Å²) in [5.41, 5.74) is -0.735. The Morgan fingerprint density at radius 1 is 1.31 bits per heavy atom. The molecular weight excluding hydrogens is 389 g/mol. The minimum Gasteiger partial charge on any atom is -0.485 e. The van der Waals surface area contributed by atoms with E-state index in [1.54, 1.807) is 18.2 Å². The molecule has 0 aliphatic carbocycles. The predicted octanol–water partition coefficient (Wildman–Crippen LogP) is 4.67. The number of para-hydroxylation sites is 1. The SMILES string of the molecule is OC1CC2(CCN(c3nc(C(F)(F)F)cs3)CC2)Oc2c(Cl)cccc21. The lowest BCUT2D eigenvalue weighted by molar-refractivity contribution is -0.140. The third-order valence-corrected chi connectivity index (χ3v) is 6.17. The molecule has 26 heavy (non-hydrogen) atoms. The normalized spacial score (nSPS) is 22.2. The van der Waals surface area contributed by atoms with Gasteiger partial charge in [-0.25, -0.2) is 4.98 Å². The number of hydrogen-bond donors (Lipinski definition) is 1. The lowest BCUT2D eigenvalue weighted by atomic mass is 9.82. The van der Waals surface area contributed by atoms with Crippen LogP contribution in [-0.4, -0.2) is 28.8 Å². The van der Waals surface area contributed by atoms with E-state index in [4.69, 9.17) is 16.3 Å². The Morgan fingerprint density at radius 3 is 2.69 bits per heavy atom. The van der Waals surface area contributed by atoms with Gasteiger partial charge < -0.3 is 14.7 Å². The first-order chi connectivity index (χ1) is 12.3. The predicted molar refractivity (Wildman–Crippen MR) is 93.0 cm³/mol. The quantitative estimate of drug-likeness (QED) is 0.750. The lowest BCUT2D eigenvalue weighted by Crippen LogP contribution is -2.50. The number of hydrogen-bond acceptors (Lipinski definition) is 5. The number of aliphatic hydroxyl groups excluding tert-OH is 1. The van der Waals surface area contributed by atoms with Crippen LogP contribution in [0.5, 0.6) is 5.75 Å². The molecule has 1 saturated heterocycles. The number of aliphatic hydroxyl groups is 1. The number of halogens is 4. The van der Waals surface area contributed by atoms with Crippen molar-refractivity contribution in [1.82, 2.24) is 4.98 Å². The van der Waals surface area contributed by atoms with E-state index < -0.39 is 23.6 Å². The molecule has 0 saturated carbocycles. The Morgan fingerprint density at radius 2 is 2.04 bits per heavy atom. The van der Waals surface area contributed by atoms with E-state index in [-0.39, 0.29) is 0 Å². The Kier molecular flexibility index (Phi) is 4.32. The number of rotatable bonds is 1. The molecule has 1 spiro atoms. The second-order valence-corrected chi connectivity index (χ2v) is 7.91. The van der Waals surface area contributed by atoms with Gasteiger partial charge in [-0.3, -0.25) is 0 Å². The van der Waals surface area contributed by atoms with Gasteiger partial charge in [0.25, 0.3) is 0 Å². The van der Waals surface area contributed by atoms with Crippen LogP contribution in [0, 0.1) is 0 Å². The molecule has 3 heterocycles. The van der Waals surface area contributed by atoms with Gasteiger partial charge in [0.05, 0.1) is 11.1 Å². The van der Waals surface area contributed by atoms with E-state index in [9.17, 15) is 18.3 Å². The van der Waals surface area contributed by atoms with Crippen LogP contribution >= 0.6 is 22.9 Å². The topological polar surface area (TPSA) is 45.6 Å². The van der Waals surface area contributed by atoms with Crippen LogP contribution < -0.4 is 9.64 Å². The summed E-state index contributed by atoms with van der Waals surface area (Å²) in [6, 6.07) is 5.28. The molecule has 1 atom stereocenters. The van der Waals surface area contributed by atoms with Crippen molar-refractivity contribution in [3.8, 4) is 5.75 Å². The molecule has 4 rings (SSSR count). The second kappa shape index (κ2) is 6.28. The number of benzene rings is 1. The molecule has 1 aromatic carbocycles. The number of anilines is 1. The van der Waals surface area contributed by atoms with Crippen LogP contribution in [0.2, 0.25) is 5.02 Å². The second-order valence-electron chi connectivity index (χ2n) is 6.66. The first-order valence-corrected chi connectivity index (χ1v) is 9.46. The van der Waals surface area contributed by atoms with Crippen LogP contribution in [0.4, 0.5) is 18.3 Å². The third-order valence-electron chi connectivity index (χ3n) is 4.97. The van der Waals surface area contributed by atoms with Crippen molar-refractivity contribution in [2.75, 3.05) is 18.0 Å². The fourth-order valence-corrected chi connectivity index (χ4v) is 4.67. The maximum absolute atomic E-state index is 12.7. The third kappa shape index (κ3) is 3.14. The number of aromatic nitrogens is 1. The number of piperidine rings is 1. The van der Waals surface area contributed by atoms with Crippen molar-refractivity contribution >= 4 is 28.1 Å². The summed E-state index contributed by atoms with van der Waals surface area (Å²) in [6.07, 6.45) is -3.49. The Balaban J connectivity index is 1.50. The molecule has 2 aliphatic rings. The molecule has 2 aliphatic heterocycles. The van der Waals surface area contributed by atoms with Crippen molar-refractivity contribution in [3.63, 3.8) is 0 Å². The molecule has 140 valence electrons. The number of thiazole rings is 1. The highest BCUT2D eigenvalue weighted by molar-refractivity contribution is 7.13. The molecule has 0 bridgehead atoms. The molecule has 0 radical (unpaired) electrons. The van der Waals surface area contributed by atoms with Gasteiger partial charge >= 0.3 is 6.18 Å².